The molecule has 2 aromatic rings. The highest BCUT2D eigenvalue weighted by Crippen LogP contribution is 2.35. The summed E-state index contributed by atoms with van der Waals surface area (Å²) in [6.07, 6.45) is 0. The van der Waals surface area contributed by atoms with Gasteiger partial charge in [-0.2, -0.15) is 21.9 Å². The van der Waals surface area contributed by atoms with Crippen molar-refractivity contribution in [2.75, 3.05) is 5.73 Å². The van der Waals surface area contributed by atoms with Crippen LogP contribution in [-0.4, -0.2) is 25.9 Å². The van der Waals surface area contributed by atoms with Crippen molar-refractivity contribution >= 4 is 37.3 Å². The standard InChI is InChI=1S/C12H11N3O6S2/c13-8-6-10(22(16,17)18)12(11(7-8)23(19,20)21)15-14-9-4-2-1-3-5-9/h1-7H,13H2,(H,16,17,18)(H,19,20,21). The van der Waals surface area contributed by atoms with Crippen molar-refractivity contribution in [2.45, 2.75) is 9.79 Å². The maximum absolute atomic E-state index is 11.4. The first-order chi connectivity index (χ1) is 10.6. The lowest BCUT2D eigenvalue weighted by Gasteiger charge is -2.08. The van der Waals surface area contributed by atoms with Gasteiger partial charge in [0.1, 0.15) is 15.5 Å². The normalized spacial score (nSPS) is 12.6. The van der Waals surface area contributed by atoms with Gasteiger partial charge in [0.25, 0.3) is 20.2 Å². The van der Waals surface area contributed by atoms with E-state index < -0.39 is 35.7 Å². The maximum atomic E-state index is 11.4. The molecule has 0 saturated carbocycles. The Kier molecular flexibility index (Phi) is 4.47. The number of benzene rings is 2. The third-order valence-corrected chi connectivity index (χ3v) is 4.37. The fourth-order valence-electron chi connectivity index (χ4n) is 1.70. The van der Waals surface area contributed by atoms with E-state index >= 15 is 0 Å². The Labute approximate surface area is 132 Å². The third-order valence-electron chi connectivity index (χ3n) is 2.64. The minimum Gasteiger partial charge on any atom is -0.399 e. The molecule has 4 N–H and O–H groups in total. The number of anilines is 1. The fourth-order valence-corrected chi connectivity index (χ4v) is 3.12. The van der Waals surface area contributed by atoms with Crippen LogP contribution < -0.4 is 5.73 Å². The van der Waals surface area contributed by atoms with Crippen molar-refractivity contribution in [1.82, 2.24) is 0 Å². The van der Waals surface area contributed by atoms with E-state index in [9.17, 15) is 25.9 Å². The van der Waals surface area contributed by atoms with Crippen LogP contribution in [0.1, 0.15) is 0 Å². The van der Waals surface area contributed by atoms with Crippen LogP contribution in [0.4, 0.5) is 17.1 Å². The molecule has 2 rings (SSSR count). The van der Waals surface area contributed by atoms with Gasteiger partial charge in [-0.05, 0) is 24.3 Å². The molecule has 0 spiro atoms. The average molecular weight is 357 g/mol. The van der Waals surface area contributed by atoms with E-state index in [4.69, 9.17) is 5.73 Å². The lowest BCUT2D eigenvalue weighted by molar-refractivity contribution is 0.481. The molecule has 0 aliphatic rings. The van der Waals surface area contributed by atoms with E-state index in [0.29, 0.717) is 5.69 Å². The number of rotatable bonds is 4. The number of azo groups is 1. The molecule has 0 saturated heterocycles. The molecular formula is C12H11N3O6S2. The molecule has 0 atom stereocenters. The predicted octanol–water partition coefficient (Wildman–Crippen LogP) is 2.18. The second-order valence-corrected chi connectivity index (χ2v) is 7.13. The Morgan fingerprint density at radius 3 is 1.74 bits per heavy atom. The summed E-state index contributed by atoms with van der Waals surface area (Å²) >= 11 is 0. The summed E-state index contributed by atoms with van der Waals surface area (Å²) in [5.74, 6) is 0. The summed E-state index contributed by atoms with van der Waals surface area (Å²) in [4.78, 5) is -1.77. The van der Waals surface area contributed by atoms with Gasteiger partial charge in [0.15, 0.2) is 0 Å². The highest BCUT2D eigenvalue weighted by molar-refractivity contribution is 7.87. The van der Waals surface area contributed by atoms with Crippen LogP contribution in [0.5, 0.6) is 0 Å². The third kappa shape index (κ3) is 4.10. The molecule has 9 nitrogen and oxygen atoms in total. The molecule has 0 fully saturated rings. The van der Waals surface area contributed by atoms with Gasteiger partial charge >= 0.3 is 0 Å². The van der Waals surface area contributed by atoms with E-state index in [1.165, 1.54) is 12.1 Å². The smallest absolute Gasteiger partial charge is 0.296 e. The highest BCUT2D eigenvalue weighted by atomic mass is 32.2. The molecule has 2 aromatic carbocycles. The van der Waals surface area contributed by atoms with Crippen molar-refractivity contribution in [1.29, 1.82) is 0 Å². The topological polar surface area (TPSA) is 159 Å². The molecule has 11 heteroatoms. The van der Waals surface area contributed by atoms with Crippen LogP contribution in [0, 0.1) is 0 Å². The molecule has 0 aliphatic heterocycles. The Balaban J connectivity index is 2.76. The van der Waals surface area contributed by atoms with Crippen molar-refractivity contribution in [2.24, 2.45) is 10.2 Å². The first-order valence-corrected chi connectivity index (χ1v) is 8.82. The summed E-state index contributed by atoms with van der Waals surface area (Å²) in [7, 11) is -9.70. The molecule has 122 valence electrons. The van der Waals surface area contributed by atoms with Gasteiger partial charge in [0, 0.05) is 5.69 Å². The van der Waals surface area contributed by atoms with Crippen molar-refractivity contribution in [3.8, 4) is 0 Å². The molecule has 0 heterocycles. The van der Waals surface area contributed by atoms with Crippen LogP contribution >= 0.6 is 0 Å². The number of nitrogen functional groups attached to an aromatic ring is 1. The Hall–Kier alpha value is -2.34. The summed E-state index contributed by atoms with van der Waals surface area (Å²) in [6, 6.07) is 9.64. The average Bonchev–Trinajstić information content (AvgIpc) is 2.44. The van der Waals surface area contributed by atoms with Crippen LogP contribution in [0.15, 0.2) is 62.5 Å². The molecule has 0 unspecified atom stereocenters. The Bertz CT molecular complexity index is 916. The quantitative estimate of drug-likeness (QED) is 0.429. The lowest BCUT2D eigenvalue weighted by Crippen LogP contribution is -2.06. The fraction of sp³-hybridized carbons (Fsp3) is 0. The number of nitrogens with zero attached hydrogens (tertiary/aromatic N) is 2. The summed E-state index contributed by atoms with van der Waals surface area (Å²) < 4.78 is 64.1. The second kappa shape index (κ2) is 6.04. The minimum atomic E-state index is -4.85. The minimum absolute atomic E-state index is 0.298. The van der Waals surface area contributed by atoms with Crippen LogP contribution in [-0.2, 0) is 20.2 Å². The summed E-state index contributed by atoms with van der Waals surface area (Å²) in [5, 5.41) is 7.23. The van der Waals surface area contributed by atoms with Crippen LogP contribution in [0.3, 0.4) is 0 Å². The number of hydrogen-bond donors (Lipinski definition) is 3. The van der Waals surface area contributed by atoms with Gasteiger partial charge in [0.2, 0.25) is 0 Å². The van der Waals surface area contributed by atoms with Crippen molar-refractivity contribution in [3.05, 3.63) is 42.5 Å². The maximum Gasteiger partial charge on any atom is 0.296 e. The van der Waals surface area contributed by atoms with Gasteiger partial charge in [0.05, 0.1) is 5.69 Å². The zero-order valence-corrected chi connectivity index (χ0v) is 13.0. The summed E-state index contributed by atoms with van der Waals surface area (Å²) in [6.45, 7) is 0. The van der Waals surface area contributed by atoms with E-state index in [2.05, 4.69) is 10.2 Å². The van der Waals surface area contributed by atoms with Crippen molar-refractivity contribution in [3.63, 3.8) is 0 Å². The monoisotopic (exact) mass is 357 g/mol. The summed E-state index contributed by atoms with van der Waals surface area (Å²) in [5.41, 5.74) is 4.66. The molecular weight excluding hydrogens is 346 g/mol. The first-order valence-electron chi connectivity index (χ1n) is 5.94. The molecule has 0 aromatic heterocycles. The first kappa shape index (κ1) is 17.0. The Morgan fingerprint density at radius 2 is 1.30 bits per heavy atom. The number of nitrogens with two attached hydrogens (primary N) is 1. The largest absolute Gasteiger partial charge is 0.399 e. The predicted molar refractivity (Wildman–Crippen MR) is 81.1 cm³/mol. The van der Waals surface area contributed by atoms with E-state index in [1.807, 2.05) is 0 Å². The van der Waals surface area contributed by atoms with Gasteiger partial charge in [-0.15, -0.1) is 5.11 Å². The Morgan fingerprint density at radius 1 is 0.826 bits per heavy atom. The van der Waals surface area contributed by atoms with Gasteiger partial charge in [-0.1, -0.05) is 18.2 Å². The molecule has 0 aliphatic carbocycles. The van der Waals surface area contributed by atoms with Crippen LogP contribution in [0.25, 0.3) is 0 Å². The van der Waals surface area contributed by atoms with E-state index in [0.717, 1.165) is 12.1 Å². The van der Waals surface area contributed by atoms with Gasteiger partial charge in [-0.3, -0.25) is 9.11 Å². The molecule has 0 bridgehead atoms. The highest BCUT2D eigenvalue weighted by Gasteiger charge is 2.26. The zero-order valence-electron chi connectivity index (χ0n) is 11.4. The van der Waals surface area contributed by atoms with Gasteiger partial charge < -0.3 is 5.73 Å². The SMILES string of the molecule is Nc1cc(S(=O)(=O)O)c(N=Nc2ccccc2)c(S(=O)(=O)O)c1. The van der Waals surface area contributed by atoms with E-state index in [1.54, 1.807) is 18.2 Å². The molecule has 0 amide bonds. The lowest BCUT2D eigenvalue weighted by atomic mass is 10.3. The van der Waals surface area contributed by atoms with Gasteiger partial charge in [-0.25, -0.2) is 0 Å². The molecule has 0 radical (unpaired) electrons. The zero-order chi connectivity index (χ0) is 17.3. The molecule has 23 heavy (non-hydrogen) atoms. The van der Waals surface area contributed by atoms with E-state index in [-0.39, 0.29) is 5.69 Å². The number of hydrogen-bond acceptors (Lipinski definition) is 7. The van der Waals surface area contributed by atoms with Crippen LogP contribution in [0.2, 0.25) is 0 Å². The van der Waals surface area contributed by atoms with Crippen molar-refractivity contribution < 1.29 is 25.9 Å². The second-order valence-electron chi connectivity index (χ2n) is 4.35.